The molecule has 1 aromatic heterocycles. The van der Waals surface area contributed by atoms with Crippen LogP contribution < -0.4 is 5.32 Å². The highest BCUT2D eigenvalue weighted by atomic mass is 16.6. The lowest BCUT2D eigenvalue weighted by atomic mass is 10.1. The molecule has 6 heteroatoms. The van der Waals surface area contributed by atoms with Gasteiger partial charge in [0.2, 0.25) is 0 Å². The molecule has 2 heterocycles. The maximum Gasteiger partial charge on any atom is 0.407 e. The van der Waals surface area contributed by atoms with Crippen molar-refractivity contribution in [1.82, 2.24) is 15.1 Å². The van der Waals surface area contributed by atoms with Crippen LogP contribution in [0.1, 0.15) is 37.1 Å². The van der Waals surface area contributed by atoms with Gasteiger partial charge in [-0.15, -0.1) is 0 Å². The van der Waals surface area contributed by atoms with E-state index in [0.29, 0.717) is 6.61 Å². The highest BCUT2D eigenvalue weighted by Gasteiger charge is 2.19. The lowest BCUT2D eigenvalue weighted by molar-refractivity contribution is 0.0430. The molecule has 0 radical (unpaired) electrons. The minimum Gasteiger partial charge on any atom is -0.447 e. The van der Waals surface area contributed by atoms with Gasteiger partial charge in [0.15, 0.2) is 0 Å². The zero-order valence-electron chi connectivity index (χ0n) is 11.7. The summed E-state index contributed by atoms with van der Waals surface area (Å²) in [6.45, 7) is 4.97. The molecule has 106 valence electrons. The summed E-state index contributed by atoms with van der Waals surface area (Å²) >= 11 is 0. The van der Waals surface area contributed by atoms with E-state index in [4.69, 9.17) is 9.47 Å². The molecule has 2 rings (SSSR count). The van der Waals surface area contributed by atoms with Crippen molar-refractivity contribution in [3.63, 3.8) is 0 Å². The number of nitrogens with zero attached hydrogens (tertiary/aromatic N) is 2. The van der Waals surface area contributed by atoms with Gasteiger partial charge >= 0.3 is 6.09 Å². The average Bonchev–Trinajstić information content (AvgIpc) is 2.98. The van der Waals surface area contributed by atoms with Gasteiger partial charge in [-0.05, 0) is 26.7 Å². The van der Waals surface area contributed by atoms with E-state index in [1.165, 1.54) is 0 Å². The summed E-state index contributed by atoms with van der Waals surface area (Å²) in [5.74, 6) is 0. The van der Waals surface area contributed by atoms with Gasteiger partial charge in [-0.1, -0.05) is 0 Å². The zero-order chi connectivity index (χ0) is 13.8. The number of amides is 1. The number of nitrogens with one attached hydrogen (secondary N) is 1. The predicted octanol–water partition coefficient (Wildman–Crippen LogP) is 1.69. The quantitative estimate of drug-likeness (QED) is 0.901. The molecule has 1 saturated heterocycles. The van der Waals surface area contributed by atoms with Crippen LogP contribution in [0, 0.1) is 6.92 Å². The van der Waals surface area contributed by atoms with Crippen molar-refractivity contribution in [3.05, 3.63) is 17.5 Å². The van der Waals surface area contributed by atoms with Crippen LogP contribution in [-0.4, -0.2) is 35.2 Å². The van der Waals surface area contributed by atoms with E-state index in [9.17, 15) is 4.79 Å². The molecule has 0 spiro atoms. The van der Waals surface area contributed by atoms with E-state index in [1.54, 1.807) is 10.9 Å². The summed E-state index contributed by atoms with van der Waals surface area (Å²) in [6.07, 6.45) is 3.42. The molecule has 2 atom stereocenters. The molecule has 0 aliphatic carbocycles. The molecular weight excluding hydrogens is 246 g/mol. The second-order valence-corrected chi connectivity index (χ2v) is 4.91. The second kappa shape index (κ2) is 6.06. The first-order chi connectivity index (χ1) is 9.08. The number of carbonyl (C=O) groups is 1. The van der Waals surface area contributed by atoms with E-state index in [-0.39, 0.29) is 12.1 Å². The average molecular weight is 267 g/mol. The molecule has 19 heavy (non-hydrogen) atoms. The van der Waals surface area contributed by atoms with Crippen molar-refractivity contribution in [2.24, 2.45) is 7.05 Å². The summed E-state index contributed by atoms with van der Waals surface area (Å²) in [5, 5.41) is 6.96. The summed E-state index contributed by atoms with van der Waals surface area (Å²) < 4.78 is 12.3. The van der Waals surface area contributed by atoms with Crippen molar-refractivity contribution in [3.8, 4) is 0 Å². The Balaban J connectivity index is 1.79. The first kappa shape index (κ1) is 13.9. The van der Waals surface area contributed by atoms with Crippen molar-refractivity contribution in [2.45, 2.75) is 38.8 Å². The summed E-state index contributed by atoms with van der Waals surface area (Å²) in [6, 6.07) is -0.120. The van der Waals surface area contributed by atoms with Crippen LogP contribution in [0.4, 0.5) is 4.79 Å². The SMILES string of the molecule is Cc1c([C@@H](C)NC(=O)OC[C@@H]2CCCO2)cnn1C. The van der Waals surface area contributed by atoms with E-state index in [0.717, 1.165) is 30.7 Å². The van der Waals surface area contributed by atoms with E-state index < -0.39 is 6.09 Å². The Morgan fingerprint density at radius 1 is 1.74 bits per heavy atom. The van der Waals surface area contributed by atoms with Crippen molar-refractivity contribution in [2.75, 3.05) is 13.2 Å². The number of aromatic nitrogens is 2. The fraction of sp³-hybridized carbons (Fsp3) is 0.692. The molecule has 0 aromatic carbocycles. The standard InChI is InChI=1S/C13H21N3O3/c1-9(12-7-14-16(3)10(12)2)15-13(17)19-8-11-5-4-6-18-11/h7,9,11H,4-6,8H2,1-3H3,(H,15,17)/t9-,11+/m1/s1. The second-order valence-electron chi connectivity index (χ2n) is 4.91. The molecule has 1 fully saturated rings. The van der Waals surface area contributed by atoms with Gasteiger partial charge in [-0.2, -0.15) is 5.10 Å². The topological polar surface area (TPSA) is 65.4 Å². The maximum atomic E-state index is 11.7. The molecule has 1 aromatic rings. The van der Waals surface area contributed by atoms with Crippen LogP contribution in [-0.2, 0) is 16.5 Å². The molecule has 0 bridgehead atoms. The Kier molecular flexibility index (Phi) is 4.42. The van der Waals surface area contributed by atoms with Crippen LogP contribution in [0.15, 0.2) is 6.20 Å². The highest BCUT2D eigenvalue weighted by Crippen LogP contribution is 2.16. The van der Waals surface area contributed by atoms with Gasteiger partial charge in [-0.3, -0.25) is 4.68 Å². The van der Waals surface area contributed by atoms with E-state index in [2.05, 4.69) is 10.4 Å². The Morgan fingerprint density at radius 3 is 3.11 bits per heavy atom. The minimum atomic E-state index is -0.411. The van der Waals surface area contributed by atoms with Crippen molar-refractivity contribution >= 4 is 6.09 Å². The third-order valence-corrected chi connectivity index (χ3v) is 3.50. The van der Waals surface area contributed by atoms with Crippen molar-refractivity contribution in [1.29, 1.82) is 0 Å². The number of hydrogen-bond acceptors (Lipinski definition) is 4. The monoisotopic (exact) mass is 267 g/mol. The zero-order valence-corrected chi connectivity index (χ0v) is 11.7. The van der Waals surface area contributed by atoms with Gasteiger partial charge in [0.25, 0.3) is 0 Å². The molecule has 0 saturated carbocycles. The maximum absolute atomic E-state index is 11.7. The fourth-order valence-electron chi connectivity index (χ4n) is 2.18. The lowest BCUT2D eigenvalue weighted by Gasteiger charge is -2.15. The Hall–Kier alpha value is -1.56. The predicted molar refractivity (Wildman–Crippen MR) is 69.8 cm³/mol. The number of rotatable bonds is 4. The largest absolute Gasteiger partial charge is 0.447 e. The normalized spacial score (nSPS) is 20.3. The van der Waals surface area contributed by atoms with Gasteiger partial charge in [0.1, 0.15) is 6.61 Å². The van der Waals surface area contributed by atoms with E-state index in [1.807, 2.05) is 20.9 Å². The molecule has 1 aliphatic heterocycles. The fourth-order valence-corrected chi connectivity index (χ4v) is 2.18. The van der Waals surface area contributed by atoms with Crippen LogP contribution in [0.5, 0.6) is 0 Å². The Labute approximate surface area is 113 Å². The van der Waals surface area contributed by atoms with Crippen LogP contribution in [0.3, 0.4) is 0 Å². The van der Waals surface area contributed by atoms with Gasteiger partial charge in [0.05, 0.1) is 18.3 Å². The van der Waals surface area contributed by atoms with E-state index >= 15 is 0 Å². The molecule has 1 aliphatic rings. The molecule has 6 nitrogen and oxygen atoms in total. The number of aryl methyl sites for hydroxylation is 1. The van der Waals surface area contributed by atoms with Crippen LogP contribution in [0.25, 0.3) is 0 Å². The molecule has 1 amide bonds. The molecule has 0 unspecified atom stereocenters. The first-order valence-electron chi connectivity index (χ1n) is 6.61. The number of ether oxygens (including phenoxy) is 2. The highest BCUT2D eigenvalue weighted by molar-refractivity contribution is 5.67. The van der Waals surface area contributed by atoms with Gasteiger partial charge < -0.3 is 14.8 Å². The molecular formula is C13H21N3O3. The summed E-state index contributed by atoms with van der Waals surface area (Å²) in [4.78, 5) is 11.7. The lowest BCUT2D eigenvalue weighted by Crippen LogP contribution is -2.30. The Bertz CT molecular complexity index is 438. The third-order valence-electron chi connectivity index (χ3n) is 3.50. The Morgan fingerprint density at radius 2 is 2.53 bits per heavy atom. The molecule has 1 N–H and O–H groups in total. The number of carbonyl (C=O) groups excluding carboxylic acids is 1. The smallest absolute Gasteiger partial charge is 0.407 e. The van der Waals surface area contributed by atoms with Crippen LogP contribution in [0.2, 0.25) is 0 Å². The number of hydrogen-bond donors (Lipinski definition) is 1. The third kappa shape index (κ3) is 3.47. The van der Waals surface area contributed by atoms with Crippen molar-refractivity contribution < 1.29 is 14.3 Å². The first-order valence-corrected chi connectivity index (χ1v) is 6.61. The van der Waals surface area contributed by atoms with Gasteiger partial charge in [0, 0.05) is 24.9 Å². The van der Waals surface area contributed by atoms with Crippen LogP contribution >= 0.6 is 0 Å². The van der Waals surface area contributed by atoms with Gasteiger partial charge in [-0.25, -0.2) is 4.79 Å². The number of alkyl carbamates (subject to hydrolysis) is 1. The summed E-state index contributed by atoms with van der Waals surface area (Å²) in [5.41, 5.74) is 2.03. The summed E-state index contributed by atoms with van der Waals surface area (Å²) in [7, 11) is 1.88. The minimum absolute atomic E-state index is 0.0567.